The Morgan fingerprint density at radius 3 is 2.67 bits per heavy atom. The Balaban J connectivity index is 1.46. The number of hydrogen-bond donors (Lipinski definition) is 2. The Bertz CT molecular complexity index is 933. The van der Waals surface area contributed by atoms with Crippen LogP contribution in [0.5, 0.6) is 0 Å². The standard InChI is InChI=1S/C19H18N2O3/c22-18(14-6-4-13(5-7-14)10-12-2-1-3-12)20-15-8-9-17-16(11-15)21-19(23)24-17/h4-9,11-12H,1-3,10H2,(H,20,22)(H,21,23). The van der Waals surface area contributed by atoms with Gasteiger partial charge in [0.25, 0.3) is 5.91 Å². The maximum Gasteiger partial charge on any atom is 0.417 e. The van der Waals surface area contributed by atoms with E-state index in [0.717, 1.165) is 12.3 Å². The molecular weight excluding hydrogens is 304 g/mol. The summed E-state index contributed by atoms with van der Waals surface area (Å²) >= 11 is 0. The smallest absolute Gasteiger partial charge is 0.408 e. The van der Waals surface area contributed by atoms with Gasteiger partial charge in [0.05, 0.1) is 5.52 Å². The van der Waals surface area contributed by atoms with Crippen molar-refractivity contribution in [3.8, 4) is 0 Å². The zero-order valence-electron chi connectivity index (χ0n) is 13.2. The first-order valence-electron chi connectivity index (χ1n) is 8.20. The highest BCUT2D eigenvalue weighted by Gasteiger charge is 2.17. The summed E-state index contributed by atoms with van der Waals surface area (Å²) in [6, 6.07) is 12.8. The molecule has 24 heavy (non-hydrogen) atoms. The van der Waals surface area contributed by atoms with E-state index < -0.39 is 5.76 Å². The highest BCUT2D eigenvalue weighted by atomic mass is 16.4. The molecule has 1 aliphatic carbocycles. The molecule has 1 amide bonds. The van der Waals surface area contributed by atoms with Gasteiger partial charge in [-0.2, -0.15) is 0 Å². The van der Waals surface area contributed by atoms with E-state index in [1.807, 2.05) is 24.3 Å². The monoisotopic (exact) mass is 322 g/mol. The van der Waals surface area contributed by atoms with Crippen molar-refractivity contribution < 1.29 is 9.21 Å². The van der Waals surface area contributed by atoms with E-state index in [0.29, 0.717) is 22.4 Å². The zero-order chi connectivity index (χ0) is 16.5. The third-order valence-corrected chi connectivity index (χ3v) is 4.64. The highest BCUT2D eigenvalue weighted by molar-refractivity contribution is 6.04. The number of amides is 1. The number of rotatable bonds is 4. The summed E-state index contributed by atoms with van der Waals surface area (Å²) in [5.41, 5.74) is 3.55. The molecular formula is C19H18N2O3. The van der Waals surface area contributed by atoms with Gasteiger partial charge in [-0.15, -0.1) is 0 Å². The zero-order valence-corrected chi connectivity index (χ0v) is 13.2. The number of carbonyl (C=O) groups excluding carboxylic acids is 1. The van der Waals surface area contributed by atoms with Crippen LogP contribution in [0.15, 0.2) is 51.7 Å². The number of fused-ring (bicyclic) bond motifs is 1. The van der Waals surface area contributed by atoms with E-state index in [1.54, 1.807) is 18.2 Å². The number of carbonyl (C=O) groups is 1. The summed E-state index contributed by atoms with van der Waals surface area (Å²) in [5, 5.41) is 2.84. The van der Waals surface area contributed by atoms with Gasteiger partial charge in [0.2, 0.25) is 0 Å². The lowest BCUT2D eigenvalue weighted by atomic mass is 9.81. The molecule has 0 spiro atoms. The Morgan fingerprint density at radius 2 is 1.96 bits per heavy atom. The number of aromatic nitrogens is 1. The predicted octanol–water partition coefficient (Wildman–Crippen LogP) is 3.72. The number of aromatic amines is 1. The first-order valence-corrected chi connectivity index (χ1v) is 8.20. The van der Waals surface area contributed by atoms with Gasteiger partial charge in [-0.25, -0.2) is 4.79 Å². The molecule has 0 aliphatic heterocycles. The van der Waals surface area contributed by atoms with Gasteiger partial charge >= 0.3 is 5.76 Å². The number of H-pyrrole nitrogens is 1. The summed E-state index contributed by atoms with van der Waals surface area (Å²) in [5.74, 6) is 0.138. The van der Waals surface area contributed by atoms with Crippen LogP contribution in [0.4, 0.5) is 5.69 Å². The fraction of sp³-hybridized carbons (Fsp3) is 0.263. The normalized spacial score (nSPS) is 14.5. The van der Waals surface area contributed by atoms with Gasteiger partial charge in [0, 0.05) is 11.3 Å². The van der Waals surface area contributed by atoms with E-state index in [2.05, 4.69) is 10.3 Å². The molecule has 3 aromatic rings. The second kappa shape index (κ2) is 6.00. The number of oxazole rings is 1. The third-order valence-electron chi connectivity index (χ3n) is 4.64. The van der Waals surface area contributed by atoms with Crippen molar-refractivity contribution in [2.75, 3.05) is 5.32 Å². The van der Waals surface area contributed by atoms with E-state index in [-0.39, 0.29) is 5.91 Å². The maximum absolute atomic E-state index is 12.3. The minimum Gasteiger partial charge on any atom is -0.408 e. The highest BCUT2D eigenvalue weighted by Crippen LogP contribution is 2.29. The molecule has 0 bridgehead atoms. The summed E-state index contributed by atoms with van der Waals surface area (Å²) in [6.45, 7) is 0. The van der Waals surface area contributed by atoms with Crippen molar-refractivity contribution in [3.63, 3.8) is 0 Å². The minimum atomic E-state index is -0.504. The van der Waals surface area contributed by atoms with Crippen LogP contribution >= 0.6 is 0 Å². The molecule has 5 heteroatoms. The van der Waals surface area contributed by atoms with Crippen LogP contribution < -0.4 is 11.1 Å². The van der Waals surface area contributed by atoms with Crippen LogP contribution in [-0.2, 0) is 6.42 Å². The molecule has 1 aliphatic rings. The second-order valence-corrected chi connectivity index (χ2v) is 6.38. The van der Waals surface area contributed by atoms with Crippen molar-refractivity contribution >= 4 is 22.7 Å². The summed E-state index contributed by atoms with van der Waals surface area (Å²) in [6.07, 6.45) is 5.09. The van der Waals surface area contributed by atoms with Crippen molar-refractivity contribution in [3.05, 3.63) is 64.1 Å². The van der Waals surface area contributed by atoms with E-state index in [1.165, 1.54) is 24.8 Å². The first-order chi connectivity index (χ1) is 11.7. The fourth-order valence-corrected chi connectivity index (χ4v) is 3.06. The molecule has 4 rings (SSSR count). The molecule has 2 N–H and O–H groups in total. The topological polar surface area (TPSA) is 75.1 Å². The summed E-state index contributed by atoms with van der Waals surface area (Å²) < 4.78 is 4.95. The molecule has 1 saturated carbocycles. The molecule has 1 heterocycles. The quantitative estimate of drug-likeness (QED) is 0.769. The molecule has 2 aromatic carbocycles. The van der Waals surface area contributed by atoms with Crippen molar-refractivity contribution in [2.24, 2.45) is 5.92 Å². The molecule has 1 fully saturated rings. The number of benzene rings is 2. The van der Waals surface area contributed by atoms with Gasteiger partial charge in [-0.05, 0) is 48.2 Å². The van der Waals surface area contributed by atoms with Crippen molar-refractivity contribution in [1.29, 1.82) is 0 Å². The van der Waals surface area contributed by atoms with E-state index >= 15 is 0 Å². The van der Waals surface area contributed by atoms with Crippen LogP contribution in [0.25, 0.3) is 11.1 Å². The summed E-state index contributed by atoms with van der Waals surface area (Å²) in [4.78, 5) is 26.1. The van der Waals surface area contributed by atoms with Crippen LogP contribution in [0.1, 0.15) is 35.2 Å². The molecule has 1 aromatic heterocycles. The fourth-order valence-electron chi connectivity index (χ4n) is 3.06. The molecule has 122 valence electrons. The molecule has 0 radical (unpaired) electrons. The Kier molecular flexibility index (Phi) is 3.69. The SMILES string of the molecule is O=C(Nc1ccc2oc(=O)[nH]c2c1)c1ccc(CC2CCC2)cc1. The number of nitrogens with one attached hydrogen (secondary N) is 2. The number of hydrogen-bond acceptors (Lipinski definition) is 3. The molecule has 5 nitrogen and oxygen atoms in total. The Hall–Kier alpha value is -2.82. The number of anilines is 1. The van der Waals surface area contributed by atoms with Crippen LogP contribution in [0.2, 0.25) is 0 Å². The van der Waals surface area contributed by atoms with Crippen molar-refractivity contribution in [2.45, 2.75) is 25.7 Å². The van der Waals surface area contributed by atoms with Gasteiger partial charge in [0.1, 0.15) is 0 Å². The van der Waals surface area contributed by atoms with E-state index in [9.17, 15) is 9.59 Å². The third kappa shape index (κ3) is 2.97. The second-order valence-electron chi connectivity index (χ2n) is 6.38. The van der Waals surface area contributed by atoms with Crippen LogP contribution in [-0.4, -0.2) is 10.9 Å². The lowest BCUT2D eigenvalue weighted by Gasteiger charge is -2.25. The lowest BCUT2D eigenvalue weighted by molar-refractivity contribution is 0.102. The average molecular weight is 322 g/mol. The predicted molar refractivity (Wildman–Crippen MR) is 92.3 cm³/mol. The van der Waals surface area contributed by atoms with Crippen LogP contribution in [0.3, 0.4) is 0 Å². The summed E-state index contributed by atoms with van der Waals surface area (Å²) in [7, 11) is 0. The Morgan fingerprint density at radius 1 is 1.17 bits per heavy atom. The first kappa shape index (κ1) is 14.8. The van der Waals surface area contributed by atoms with Gasteiger partial charge in [0.15, 0.2) is 5.58 Å². The van der Waals surface area contributed by atoms with Crippen LogP contribution in [0, 0.1) is 5.92 Å². The van der Waals surface area contributed by atoms with Gasteiger partial charge < -0.3 is 9.73 Å². The van der Waals surface area contributed by atoms with Gasteiger partial charge in [-0.1, -0.05) is 31.4 Å². The lowest BCUT2D eigenvalue weighted by Crippen LogP contribution is -2.14. The molecule has 0 atom stereocenters. The molecule has 0 unspecified atom stereocenters. The average Bonchev–Trinajstić information content (AvgIpc) is 2.91. The largest absolute Gasteiger partial charge is 0.417 e. The molecule has 0 saturated heterocycles. The van der Waals surface area contributed by atoms with E-state index in [4.69, 9.17) is 4.42 Å². The van der Waals surface area contributed by atoms with Gasteiger partial charge in [-0.3, -0.25) is 9.78 Å². The Labute approximate surface area is 138 Å². The minimum absolute atomic E-state index is 0.171. The maximum atomic E-state index is 12.3. The van der Waals surface area contributed by atoms with Crippen molar-refractivity contribution in [1.82, 2.24) is 4.98 Å².